The molecule has 0 saturated carbocycles. The van der Waals surface area contributed by atoms with E-state index in [0.29, 0.717) is 6.42 Å². The van der Waals surface area contributed by atoms with E-state index >= 15 is 0 Å². The van der Waals surface area contributed by atoms with Crippen molar-refractivity contribution in [3.05, 3.63) is 48.0 Å². The zero-order valence-electron chi connectivity index (χ0n) is 10.8. The van der Waals surface area contributed by atoms with E-state index in [9.17, 15) is 9.59 Å². The van der Waals surface area contributed by atoms with Gasteiger partial charge < -0.3 is 4.74 Å². The summed E-state index contributed by atoms with van der Waals surface area (Å²) in [6.07, 6.45) is 2.10. The lowest BCUT2D eigenvalue weighted by Crippen LogP contribution is -2.21. The molecule has 2 aromatic carbocycles. The minimum absolute atomic E-state index is 0.270. The van der Waals surface area contributed by atoms with Crippen molar-refractivity contribution in [3.63, 3.8) is 0 Å². The summed E-state index contributed by atoms with van der Waals surface area (Å²) >= 11 is 0. The first-order valence-electron chi connectivity index (χ1n) is 6.27. The van der Waals surface area contributed by atoms with Gasteiger partial charge in [0.05, 0.1) is 6.61 Å². The van der Waals surface area contributed by atoms with Crippen LogP contribution in [0.3, 0.4) is 0 Å². The van der Waals surface area contributed by atoms with Gasteiger partial charge in [-0.2, -0.15) is 0 Å². The van der Waals surface area contributed by atoms with Crippen LogP contribution in [0.4, 0.5) is 0 Å². The molecule has 19 heavy (non-hydrogen) atoms. The van der Waals surface area contributed by atoms with Crippen LogP contribution in [-0.2, 0) is 20.7 Å². The van der Waals surface area contributed by atoms with Crippen molar-refractivity contribution < 1.29 is 14.3 Å². The number of fused-ring (bicyclic) bond motifs is 1. The van der Waals surface area contributed by atoms with E-state index < -0.39 is 11.9 Å². The molecule has 0 heterocycles. The first kappa shape index (κ1) is 13.3. The predicted octanol–water partition coefficient (Wildman–Crippen LogP) is 2.67. The lowest BCUT2D eigenvalue weighted by atomic mass is 9.96. The molecule has 0 N–H and O–H groups in total. The molecule has 3 nitrogen and oxygen atoms in total. The van der Waals surface area contributed by atoms with Gasteiger partial charge in [0.25, 0.3) is 0 Å². The standard InChI is InChI=1S/C16H15O3/c1-2-19-16(18)14(11-17)10-13-8-5-7-12-6-3-4-9-15(12)13/h3-9,14H,2,10H2,1H3/t14-/m0/s1. The predicted molar refractivity (Wildman–Crippen MR) is 73.5 cm³/mol. The molecule has 0 aliphatic rings. The maximum atomic E-state index is 11.6. The number of ether oxygens (including phenoxy) is 1. The van der Waals surface area contributed by atoms with E-state index in [1.54, 1.807) is 13.2 Å². The second-order valence-corrected chi connectivity index (χ2v) is 4.26. The van der Waals surface area contributed by atoms with Gasteiger partial charge in [-0.3, -0.25) is 9.59 Å². The average molecular weight is 255 g/mol. The molecule has 0 aliphatic carbocycles. The highest BCUT2D eigenvalue weighted by molar-refractivity contribution is 5.90. The van der Waals surface area contributed by atoms with Crippen LogP contribution in [0.25, 0.3) is 10.8 Å². The van der Waals surface area contributed by atoms with E-state index in [1.807, 2.05) is 42.5 Å². The van der Waals surface area contributed by atoms with E-state index in [2.05, 4.69) is 0 Å². The van der Waals surface area contributed by atoms with Gasteiger partial charge in [0.15, 0.2) is 0 Å². The average Bonchev–Trinajstić information content (AvgIpc) is 2.45. The summed E-state index contributed by atoms with van der Waals surface area (Å²) < 4.78 is 4.88. The summed E-state index contributed by atoms with van der Waals surface area (Å²) in [4.78, 5) is 22.6. The van der Waals surface area contributed by atoms with Crippen molar-refractivity contribution in [2.75, 3.05) is 6.61 Å². The summed E-state index contributed by atoms with van der Waals surface area (Å²) in [5, 5.41) is 2.14. The Morgan fingerprint density at radius 3 is 2.68 bits per heavy atom. The molecule has 0 aliphatic heterocycles. The zero-order chi connectivity index (χ0) is 13.7. The Balaban J connectivity index is 2.29. The lowest BCUT2D eigenvalue weighted by molar-refractivity contribution is -0.145. The van der Waals surface area contributed by atoms with Crippen molar-refractivity contribution in [1.82, 2.24) is 0 Å². The smallest absolute Gasteiger partial charge is 0.317 e. The summed E-state index contributed by atoms with van der Waals surface area (Å²) in [7, 11) is 0. The molecule has 2 rings (SSSR count). The number of benzene rings is 2. The fraction of sp³-hybridized carbons (Fsp3) is 0.250. The molecule has 0 bridgehead atoms. The molecular weight excluding hydrogens is 240 g/mol. The number of carbonyl (C=O) groups is 1. The Morgan fingerprint density at radius 1 is 1.21 bits per heavy atom. The number of carbonyl (C=O) groups excluding carboxylic acids is 2. The quantitative estimate of drug-likeness (QED) is 0.609. The first-order valence-corrected chi connectivity index (χ1v) is 6.27. The van der Waals surface area contributed by atoms with Gasteiger partial charge in [0.1, 0.15) is 5.92 Å². The second-order valence-electron chi connectivity index (χ2n) is 4.26. The highest BCUT2D eigenvalue weighted by Gasteiger charge is 2.21. The monoisotopic (exact) mass is 255 g/mol. The minimum atomic E-state index is -0.856. The highest BCUT2D eigenvalue weighted by Crippen LogP contribution is 2.21. The van der Waals surface area contributed by atoms with Crippen LogP contribution in [0.15, 0.2) is 42.5 Å². The molecule has 0 aromatic heterocycles. The van der Waals surface area contributed by atoms with Crippen LogP contribution >= 0.6 is 0 Å². The molecule has 0 unspecified atom stereocenters. The molecule has 0 spiro atoms. The maximum Gasteiger partial charge on any atom is 0.317 e. The Morgan fingerprint density at radius 2 is 1.95 bits per heavy atom. The molecule has 2 aromatic rings. The van der Waals surface area contributed by atoms with Crippen LogP contribution < -0.4 is 0 Å². The van der Waals surface area contributed by atoms with Gasteiger partial charge in [-0.25, -0.2) is 0 Å². The fourth-order valence-corrected chi connectivity index (χ4v) is 2.11. The maximum absolute atomic E-state index is 11.6. The molecule has 0 fully saturated rings. The van der Waals surface area contributed by atoms with Crippen molar-refractivity contribution in [1.29, 1.82) is 0 Å². The zero-order valence-corrected chi connectivity index (χ0v) is 10.8. The van der Waals surface area contributed by atoms with Crippen LogP contribution in [0.5, 0.6) is 0 Å². The van der Waals surface area contributed by atoms with E-state index in [0.717, 1.165) is 16.3 Å². The van der Waals surface area contributed by atoms with E-state index in [4.69, 9.17) is 4.74 Å². The van der Waals surface area contributed by atoms with Gasteiger partial charge in [0, 0.05) is 0 Å². The summed E-state index contributed by atoms with van der Waals surface area (Å²) in [5.74, 6) is -1.36. The van der Waals surface area contributed by atoms with Crippen molar-refractivity contribution in [2.24, 2.45) is 5.92 Å². The largest absolute Gasteiger partial charge is 0.465 e. The Bertz CT molecular complexity index is 584. The second kappa shape index (κ2) is 6.14. The topological polar surface area (TPSA) is 43.4 Å². The number of hydrogen-bond acceptors (Lipinski definition) is 3. The minimum Gasteiger partial charge on any atom is -0.465 e. The third-order valence-corrected chi connectivity index (χ3v) is 3.02. The SMILES string of the molecule is CCOC(=O)[C@H]([C]=O)Cc1cccc2ccccc12. The van der Waals surface area contributed by atoms with E-state index in [-0.39, 0.29) is 6.61 Å². The third-order valence-electron chi connectivity index (χ3n) is 3.02. The Labute approximate surface area is 112 Å². The van der Waals surface area contributed by atoms with Crippen LogP contribution in [-0.4, -0.2) is 18.9 Å². The summed E-state index contributed by atoms with van der Waals surface area (Å²) in [6, 6.07) is 13.7. The van der Waals surface area contributed by atoms with Gasteiger partial charge >= 0.3 is 5.97 Å². The summed E-state index contributed by atoms with van der Waals surface area (Å²) in [5.41, 5.74) is 0.958. The van der Waals surface area contributed by atoms with Gasteiger partial charge in [-0.15, -0.1) is 0 Å². The van der Waals surface area contributed by atoms with Crippen LogP contribution in [0, 0.1) is 5.92 Å². The molecule has 0 saturated heterocycles. The Hall–Kier alpha value is -2.16. The van der Waals surface area contributed by atoms with Crippen molar-refractivity contribution >= 4 is 23.0 Å². The van der Waals surface area contributed by atoms with Crippen LogP contribution in [0.2, 0.25) is 0 Å². The molecular formula is C16H15O3. The number of rotatable bonds is 5. The van der Waals surface area contributed by atoms with Crippen molar-refractivity contribution in [3.8, 4) is 0 Å². The first-order chi connectivity index (χ1) is 9.26. The molecule has 0 amide bonds. The lowest BCUT2D eigenvalue weighted by Gasteiger charge is -2.11. The van der Waals surface area contributed by atoms with Gasteiger partial charge in [0.2, 0.25) is 6.29 Å². The van der Waals surface area contributed by atoms with Gasteiger partial charge in [-0.1, -0.05) is 42.5 Å². The van der Waals surface area contributed by atoms with Crippen molar-refractivity contribution in [2.45, 2.75) is 13.3 Å². The third kappa shape index (κ3) is 2.99. The fourth-order valence-electron chi connectivity index (χ4n) is 2.11. The molecule has 3 heteroatoms. The highest BCUT2D eigenvalue weighted by atomic mass is 16.5. The molecule has 1 radical (unpaired) electrons. The van der Waals surface area contributed by atoms with Crippen LogP contribution in [0.1, 0.15) is 12.5 Å². The normalized spacial score (nSPS) is 12.1. The molecule has 97 valence electrons. The number of esters is 1. The Kier molecular flexibility index (Phi) is 4.29. The molecule has 1 atom stereocenters. The van der Waals surface area contributed by atoms with E-state index in [1.165, 1.54) is 0 Å². The van der Waals surface area contributed by atoms with Gasteiger partial charge in [-0.05, 0) is 29.7 Å². The number of hydrogen-bond donors (Lipinski definition) is 0. The summed E-state index contributed by atoms with van der Waals surface area (Å²) in [6.45, 7) is 1.99.